The fraction of sp³-hybridized carbons (Fsp3) is 1.00. The lowest BCUT2D eigenvalue weighted by Crippen LogP contribution is -2.40. The summed E-state index contributed by atoms with van der Waals surface area (Å²) in [5.74, 6) is 0. The molecule has 1 heterocycles. The molecule has 18 heavy (non-hydrogen) atoms. The van der Waals surface area contributed by atoms with Gasteiger partial charge in [-0.15, -0.1) is 0 Å². The molecule has 1 N–H and O–H groups in total. The Labute approximate surface area is 115 Å². The summed E-state index contributed by atoms with van der Waals surface area (Å²) >= 11 is 0. The lowest BCUT2D eigenvalue weighted by molar-refractivity contribution is 0.0939. The number of nitrogens with zero attached hydrogens (tertiary/aromatic N) is 1. The molecular weight excluding hydrogens is 220 g/mol. The van der Waals surface area contributed by atoms with Crippen LogP contribution in [-0.2, 0) is 0 Å². The second kappa shape index (κ2) is 8.16. The van der Waals surface area contributed by atoms with Gasteiger partial charge in [0, 0.05) is 6.04 Å². The third-order valence-electron chi connectivity index (χ3n) is 5.08. The molecule has 108 valence electrons. The summed E-state index contributed by atoms with van der Waals surface area (Å²) in [7, 11) is 0. The van der Waals surface area contributed by atoms with Gasteiger partial charge in [-0.05, 0) is 64.2 Å². The van der Waals surface area contributed by atoms with Crippen LogP contribution in [0.1, 0.15) is 66.2 Å². The van der Waals surface area contributed by atoms with Gasteiger partial charge in [0.05, 0.1) is 0 Å². The van der Waals surface area contributed by atoms with Gasteiger partial charge >= 0.3 is 0 Å². The van der Waals surface area contributed by atoms with Gasteiger partial charge in [-0.25, -0.2) is 0 Å². The van der Waals surface area contributed by atoms with Crippen LogP contribution in [0.5, 0.6) is 0 Å². The number of piperidine rings is 1. The van der Waals surface area contributed by atoms with Crippen LogP contribution in [0.25, 0.3) is 0 Å². The number of hydrogen-bond acceptors (Lipinski definition) is 2. The lowest BCUT2D eigenvalue weighted by atomic mass is 9.74. The van der Waals surface area contributed by atoms with Crippen molar-refractivity contribution >= 4 is 0 Å². The van der Waals surface area contributed by atoms with E-state index < -0.39 is 0 Å². The first-order chi connectivity index (χ1) is 8.65. The van der Waals surface area contributed by atoms with Crippen LogP contribution in [0, 0.1) is 5.41 Å². The zero-order valence-corrected chi connectivity index (χ0v) is 13.1. The van der Waals surface area contributed by atoms with E-state index in [1.54, 1.807) is 0 Å². The number of likely N-dealkylation sites (tertiary alicyclic amines) is 1. The van der Waals surface area contributed by atoms with E-state index in [-0.39, 0.29) is 0 Å². The summed E-state index contributed by atoms with van der Waals surface area (Å²) in [6.07, 6.45) is 8.24. The van der Waals surface area contributed by atoms with Gasteiger partial charge in [-0.3, -0.25) is 0 Å². The van der Waals surface area contributed by atoms with Crippen LogP contribution >= 0.6 is 0 Å². The van der Waals surface area contributed by atoms with Gasteiger partial charge in [-0.2, -0.15) is 0 Å². The van der Waals surface area contributed by atoms with Crippen LogP contribution in [0.3, 0.4) is 0 Å². The highest BCUT2D eigenvalue weighted by Crippen LogP contribution is 2.37. The van der Waals surface area contributed by atoms with Gasteiger partial charge in [0.2, 0.25) is 0 Å². The van der Waals surface area contributed by atoms with Crippen molar-refractivity contribution in [2.45, 2.75) is 72.3 Å². The summed E-state index contributed by atoms with van der Waals surface area (Å²) in [6, 6.07) is 0.685. The van der Waals surface area contributed by atoms with Crippen LogP contribution in [0.15, 0.2) is 0 Å². The standard InChI is InChI=1S/C16H34N2/c1-5-16(6-2)10-13-18(14-11-16)12-8-9-15(4)17-7-3/h15,17H,5-14H2,1-4H3. The first-order valence-electron chi connectivity index (χ1n) is 8.11. The molecule has 0 aliphatic carbocycles. The Hall–Kier alpha value is -0.0800. The van der Waals surface area contributed by atoms with Crippen molar-refractivity contribution in [2.75, 3.05) is 26.2 Å². The maximum absolute atomic E-state index is 3.50. The molecule has 1 rings (SSSR count). The quantitative estimate of drug-likeness (QED) is 0.711. The van der Waals surface area contributed by atoms with Crippen LogP contribution in [0.2, 0.25) is 0 Å². The molecule has 0 aromatic rings. The Balaban J connectivity index is 2.16. The largest absolute Gasteiger partial charge is 0.315 e. The predicted octanol–water partition coefficient (Wildman–Crippen LogP) is 3.67. The van der Waals surface area contributed by atoms with Gasteiger partial charge in [-0.1, -0.05) is 33.6 Å². The molecule has 0 amide bonds. The lowest BCUT2D eigenvalue weighted by Gasteiger charge is -2.41. The highest BCUT2D eigenvalue weighted by Gasteiger charge is 2.30. The number of rotatable bonds is 8. The fourth-order valence-electron chi connectivity index (χ4n) is 3.28. The summed E-state index contributed by atoms with van der Waals surface area (Å²) < 4.78 is 0. The molecule has 1 atom stereocenters. The Bertz CT molecular complexity index is 201. The molecule has 1 aliphatic heterocycles. The van der Waals surface area contributed by atoms with Crippen LogP contribution in [0.4, 0.5) is 0 Å². The van der Waals surface area contributed by atoms with Crippen molar-refractivity contribution in [3.63, 3.8) is 0 Å². The van der Waals surface area contributed by atoms with Crippen molar-refractivity contribution in [2.24, 2.45) is 5.41 Å². The summed E-state index contributed by atoms with van der Waals surface area (Å²) in [5, 5.41) is 3.50. The van der Waals surface area contributed by atoms with Crippen molar-refractivity contribution in [3.8, 4) is 0 Å². The minimum absolute atomic E-state index is 0.674. The van der Waals surface area contributed by atoms with E-state index in [0.717, 1.165) is 6.54 Å². The monoisotopic (exact) mass is 254 g/mol. The van der Waals surface area contributed by atoms with Gasteiger partial charge in [0.25, 0.3) is 0 Å². The smallest absolute Gasteiger partial charge is 0.00390 e. The maximum Gasteiger partial charge on any atom is 0.00390 e. The molecule has 2 heteroatoms. The first-order valence-corrected chi connectivity index (χ1v) is 8.11. The van der Waals surface area contributed by atoms with E-state index in [2.05, 4.69) is 37.9 Å². The SMILES string of the molecule is CCNC(C)CCCN1CCC(CC)(CC)CC1. The Morgan fingerprint density at radius 2 is 1.72 bits per heavy atom. The van der Waals surface area contributed by atoms with E-state index in [0.29, 0.717) is 11.5 Å². The molecule has 0 bridgehead atoms. The van der Waals surface area contributed by atoms with Crippen molar-refractivity contribution in [1.29, 1.82) is 0 Å². The van der Waals surface area contributed by atoms with E-state index >= 15 is 0 Å². The zero-order valence-electron chi connectivity index (χ0n) is 13.1. The maximum atomic E-state index is 3.50. The summed E-state index contributed by atoms with van der Waals surface area (Å²) in [5.41, 5.74) is 0.674. The molecule has 0 spiro atoms. The topological polar surface area (TPSA) is 15.3 Å². The van der Waals surface area contributed by atoms with Crippen molar-refractivity contribution in [3.05, 3.63) is 0 Å². The highest BCUT2D eigenvalue weighted by atomic mass is 15.1. The normalized spacial score (nSPS) is 22.0. The molecule has 1 aliphatic rings. The van der Waals surface area contributed by atoms with Crippen LogP contribution < -0.4 is 5.32 Å². The molecule has 1 fully saturated rings. The number of hydrogen-bond donors (Lipinski definition) is 1. The minimum atomic E-state index is 0.674. The molecule has 1 saturated heterocycles. The molecule has 0 radical (unpaired) electrons. The minimum Gasteiger partial charge on any atom is -0.315 e. The molecule has 2 nitrogen and oxygen atoms in total. The molecular formula is C16H34N2. The van der Waals surface area contributed by atoms with Gasteiger partial charge in [0.1, 0.15) is 0 Å². The van der Waals surface area contributed by atoms with Gasteiger partial charge in [0.15, 0.2) is 0 Å². The molecule has 0 saturated carbocycles. The Morgan fingerprint density at radius 3 is 2.22 bits per heavy atom. The Morgan fingerprint density at radius 1 is 1.11 bits per heavy atom. The molecule has 0 aromatic carbocycles. The van der Waals surface area contributed by atoms with E-state index in [1.165, 1.54) is 58.2 Å². The first kappa shape index (κ1) is 16.0. The van der Waals surface area contributed by atoms with Crippen molar-refractivity contribution in [1.82, 2.24) is 10.2 Å². The third kappa shape index (κ3) is 4.89. The number of nitrogens with one attached hydrogen (secondary N) is 1. The third-order valence-corrected chi connectivity index (χ3v) is 5.08. The van der Waals surface area contributed by atoms with E-state index in [1.807, 2.05) is 0 Å². The van der Waals surface area contributed by atoms with Crippen LogP contribution in [-0.4, -0.2) is 37.1 Å². The zero-order chi connectivity index (χ0) is 13.4. The Kier molecular flexibility index (Phi) is 7.25. The van der Waals surface area contributed by atoms with Gasteiger partial charge < -0.3 is 10.2 Å². The van der Waals surface area contributed by atoms with E-state index in [9.17, 15) is 0 Å². The molecule has 0 aromatic heterocycles. The average molecular weight is 254 g/mol. The summed E-state index contributed by atoms with van der Waals surface area (Å²) in [6.45, 7) is 14.3. The average Bonchev–Trinajstić information content (AvgIpc) is 2.40. The van der Waals surface area contributed by atoms with E-state index in [4.69, 9.17) is 0 Å². The second-order valence-electron chi connectivity index (χ2n) is 6.15. The van der Waals surface area contributed by atoms with Crippen molar-refractivity contribution < 1.29 is 0 Å². The fourth-order valence-corrected chi connectivity index (χ4v) is 3.28. The highest BCUT2D eigenvalue weighted by molar-refractivity contribution is 4.84. The predicted molar refractivity (Wildman–Crippen MR) is 81.1 cm³/mol. The summed E-state index contributed by atoms with van der Waals surface area (Å²) in [4.78, 5) is 2.68. The second-order valence-corrected chi connectivity index (χ2v) is 6.15. The molecule has 1 unspecified atom stereocenters.